The number of carbonyl (C=O) groups is 1. The van der Waals surface area contributed by atoms with Gasteiger partial charge in [-0.3, -0.25) is 15.0 Å². The van der Waals surface area contributed by atoms with E-state index >= 15 is 0 Å². The predicted octanol–water partition coefficient (Wildman–Crippen LogP) is 2.75. The van der Waals surface area contributed by atoms with Gasteiger partial charge in [0.2, 0.25) is 0 Å². The Morgan fingerprint density at radius 3 is 2.72 bits per heavy atom. The quantitative estimate of drug-likeness (QED) is 0.476. The Morgan fingerprint density at radius 2 is 2.08 bits per heavy atom. The number of nitro benzene ring substituents is 1. The summed E-state index contributed by atoms with van der Waals surface area (Å²) in [7, 11) is 0. The molecule has 3 rings (SSSR count). The summed E-state index contributed by atoms with van der Waals surface area (Å²) in [5.41, 5.74) is 0.748. The van der Waals surface area contributed by atoms with Crippen molar-refractivity contribution in [3.05, 3.63) is 39.9 Å². The van der Waals surface area contributed by atoms with Gasteiger partial charge < -0.3 is 10.1 Å². The number of alkyl carbamates (subject to hydrolysis) is 1. The molecular formula is C17H23N3O4S. The molecule has 0 spiro atoms. The fraction of sp³-hybridized carbons (Fsp3) is 0.588. The minimum absolute atomic E-state index is 0.0237. The van der Waals surface area contributed by atoms with Crippen molar-refractivity contribution in [1.29, 1.82) is 0 Å². The summed E-state index contributed by atoms with van der Waals surface area (Å²) in [6, 6.07) is 6.67. The van der Waals surface area contributed by atoms with Crippen LogP contribution in [0.2, 0.25) is 0 Å². The molecule has 1 aliphatic carbocycles. The molecule has 1 aliphatic heterocycles. The van der Waals surface area contributed by atoms with Gasteiger partial charge in [-0.1, -0.05) is 0 Å². The number of carbonyl (C=O) groups excluding carboxylic acids is 1. The fourth-order valence-electron chi connectivity index (χ4n) is 3.59. The van der Waals surface area contributed by atoms with Crippen LogP contribution in [0.25, 0.3) is 0 Å². The van der Waals surface area contributed by atoms with E-state index in [4.69, 9.17) is 4.74 Å². The van der Waals surface area contributed by atoms with Gasteiger partial charge in [0.1, 0.15) is 6.61 Å². The van der Waals surface area contributed by atoms with Crippen molar-refractivity contribution in [2.45, 2.75) is 49.6 Å². The molecule has 2 fully saturated rings. The Balaban J connectivity index is 1.40. The van der Waals surface area contributed by atoms with Crippen molar-refractivity contribution >= 4 is 24.4 Å². The second-order valence-corrected chi connectivity index (χ2v) is 7.48. The predicted molar refractivity (Wildman–Crippen MR) is 96.8 cm³/mol. The van der Waals surface area contributed by atoms with Crippen molar-refractivity contribution in [2.24, 2.45) is 0 Å². The number of thiol groups is 1. The van der Waals surface area contributed by atoms with Crippen LogP contribution in [0.1, 0.15) is 31.2 Å². The van der Waals surface area contributed by atoms with E-state index in [-0.39, 0.29) is 18.3 Å². The summed E-state index contributed by atoms with van der Waals surface area (Å²) in [6.45, 7) is 2.23. The molecule has 0 unspecified atom stereocenters. The molecule has 136 valence electrons. The minimum Gasteiger partial charge on any atom is -0.445 e. The summed E-state index contributed by atoms with van der Waals surface area (Å²) in [6.07, 6.45) is 3.71. The van der Waals surface area contributed by atoms with Crippen LogP contribution >= 0.6 is 12.6 Å². The summed E-state index contributed by atoms with van der Waals surface area (Å²) in [5.74, 6) is 0. The highest BCUT2D eigenvalue weighted by Gasteiger charge is 2.33. The Morgan fingerprint density at radius 1 is 1.32 bits per heavy atom. The molecule has 3 atom stereocenters. The van der Waals surface area contributed by atoms with E-state index < -0.39 is 11.0 Å². The van der Waals surface area contributed by atoms with E-state index in [0.29, 0.717) is 11.3 Å². The number of nitrogens with zero attached hydrogens (tertiary/aromatic N) is 2. The van der Waals surface area contributed by atoms with Crippen molar-refractivity contribution in [3.63, 3.8) is 0 Å². The second-order valence-electron chi connectivity index (χ2n) is 6.75. The first-order chi connectivity index (χ1) is 12.0. The van der Waals surface area contributed by atoms with E-state index in [1.165, 1.54) is 12.1 Å². The van der Waals surface area contributed by atoms with Crippen molar-refractivity contribution in [3.8, 4) is 0 Å². The molecule has 1 saturated carbocycles. The first kappa shape index (κ1) is 18.0. The zero-order valence-electron chi connectivity index (χ0n) is 14.0. The standard InChI is InChI=1S/C17H23N3O4S/c21-17(24-11-12-1-4-14(5-2-12)20(22)23)18-13-3-6-15(9-13)19-8-7-16(25)10-19/h1-2,4-5,13,15-16,25H,3,6-11H2,(H,18,21)/t13-,15-,16-/m1/s1. The van der Waals surface area contributed by atoms with Gasteiger partial charge in [0.15, 0.2) is 0 Å². The number of benzene rings is 1. The minimum atomic E-state index is -0.454. The lowest BCUT2D eigenvalue weighted by Crippen LogP contribution is -2.36. The van der Waals surface area contributed by atoms with Gasteiger partial charge in [-0.25, -0.2) is 4.79 Å². The largest absolute Gasteiger partial charge is 0.445 e. The molecule has 1 amide bonds. The number of rotatable bonds is 5. The Bertz CT molecular complexity index is 625. The van der Waals surface area contributed by atoms with E-state index in [9.17, 15) is 14.9 Å². The van der Waals surface area contributed by atoms with E-state index in [0.717, 1.165) is 44.3 Å². The first-order valence-corrected chi connectivity index (χ1v) is 9.11. The molecule has 1 N–H and O–H groups in total. The summed E-state index contributed by atoms with van der Waals surface area (Å²) >= 11 is 4.53. The van der Waals surface area contributed by atoms with Gasteiger partial charge in [-0.05, 0) is 49.9 Å². The maximum Gasteiger partial charge on any atom is 0.407 e. The summed E-state index contributed by atoms with van der Waals surface area (Å²) in [5, 5.41) is 14.0. The van der Waals surface area contributed by atoms with Crippen molar-refractivity contribution < 1.29 is 14.5 Å². The third kappa shape index (κ3) is 4.85. The van der Waals surface area contributed by atoms with Crippen molar-refractivity contribution in [2.75, 3.05) is 13.1 Å². The van der Waals surface area contributed by atoms with Crippen LogP contribution < -0.4 is 5.32 Å². The number of amides is 1. The average molecular weight is 365 g/mol. The maximum atomic E-state index is 12.0. The monoisotopic (exact) mass is 365 g/mol. The highest BCUT2D eigenvalue weighted by Crippen LogP contribution is 2.28. The van der Waals surface area contributed by atoms with Gasteiger partial charge in [0, 0.05) is 36.0 Å². The number of likely N-dealkylation sites (tertiary alicyclic amines) is 1. The van der Waals surface area contributed by atoms with Gasteiger partial charge in [-0.2, -0.15) is 12.6 Å². The smallest absolute Gasteiger partial charge is 0.407 e. The lowest BCUT2D eigenvalue weighted by atomic mass is 10.2. The molecule has 0 aromatic heterocycles. The normalized spacial score (nSPS) is 26.5. The van der Waals surface area contributed by atoms with Crippen LogP contribution in [0.4, 0.5) is 10.5 Å². The van der Waals surface area contributed by atoms with E-state index in [1.54, 1.807) is 12.1 Å². The number of non-ortho nitro benzene ring substituents is 1. The maximum absolute atomic E-state index is 12.0. The number of ether oxygens (including phenoxy) is 1. The molecule has 0 bridgehead atoms. The molecule has 1 heterocycles. The van der Waals surface area contributed by atoms with Crippen LogP contribution in [0.15, 0.2) is 24.3 Å². The number of hydrogen-bond acceptors (Lipinski definition) is 6. The highest BCUT2D eigenvalue weighted by molar-refractivity contribution is 7.81. The third-order valence-corrected chi connectivity index (χ3v) is 5.38. The van der Waals surface area contributed by atoms with Crippen LogP contribution in [0, 0.1) is 10.1 Å². The topological polar surface area (TPSA) is 84.7 Å². The zero-order chi connectivity index (χ0) is 17.8. The Labute approximate surface area is 152 Å². The lowest BCUT2D eigenvalue weighted by molar-refractivity contribution is -0.384. The fourth-order valence-corrected chi connectivity index (χ4v) is 3.92. The molecular weight excluding hydrogens is 342 g/mol. The molecule has 1 saturated heterocycles. The Hall–Kier alpha value is -1.80. The molecule has 7 nitrogen and oxygen atoms in total. The lowest BCUT2D eigenvalue weighted by Gasteiger charge is -2.23. The number of nitro groups is 1. The van der Waals surface area contributed by atoms with Gasteiger partial charge in [0.25, 0.3) is 5.69 Å². The third-order valence-electron chi connectivity index (χ3n) is 4.96. The zero-order valence-corrected chi connectivity index (χ0v) is 14.9. The molecule has 25 heavy (non-hydrogen) atoms. The van der Waals surface area contributed by atoms with E-state index in [1.807, 2.05) is 0 Å². The molecule has 1 aromatic rings. The molecule has 1 aromatic carbocycles. The highest BCUT2D eigenvalue weighted by atomic mass is 32.1. The van der Waals surface area contributed by atoms with Crippen LogP contribution in [0.3, 0.4) is 0 Å². The van der Waals surface area contributed by atoms with Crippen LogP contribution in [-0.2, 0) is 11.3 Å². The summed E-state index contributed by atoms with van der Waals surface area (Å²) in [4.78, 5) is 24.6. The molecule has 8 heteroatoms. The van der Waals surface area contributed by atoms with Gasteiger partial charge in [0.05, 0.1) is 4.92 Å². The average Bonchev–Trinajstić information content (AvgIpc) is 3.22. The van der Waals surface area contributed by atoms with Crippen molar-refractivity contribution in [1.82, 2.24) is 10.2 Å². The summed E-state index contributed by atoms with van der Waals surface area (Å²) < 4.78 is 5.22. The van der Waals surface area contributed by atoms with Crippen LogP contribution in [-0.4, -0.2) is 46.3 Å². The first-order valence-electron chi connectivity index (χ1n) is 8.60. The van der Waals surface area contributed by atoms with Crippen LogP contribution in [0.5, 0.6) is 0 Å². The van der Waals surface area contributed by atoms with Gasteiger partial charge >= 0.3 is 6.09 Å². The SMILES string of the molecule is O=C(N[C@@H]1CC[C@@H](N2CC[C@@H](S)C2)C1)OCc1ccc([N+](=O)[O-])cc1. The second kappa shape index (κ2) is 8.05. The number of hydrogen-bond donors (Lipinski definition) is 2. The van der Waals surface area contributed by atoms with E-state index in [2.05, 4.69) is 22.8 Å². The molecule has 2 aliphatic rings. The Kier molecular flexibility index (Phi) is 5.80. The molecule has 0 radical (unpaired) electrons. The number of nitrogens with one attached hydrogen (secondary N) is 1. The van der Waals surface area contributed by atoms with Gasteiger partial charge in [-0.15, -0.1) is 0 Å².